The summed E-state index contributed by atoms with van der Waals surface area (Å²) in [6.07, 6.45) is 2.90. The first kappa shape index (κ1) is 12.4. The van der Waals surface area contributed by atoms with Crippen molar-refractivity contribution in [2.45, 2.75) is 6.61 Å². The minimum Gasteiger partial charge on any atom is -0.437 e. The summed E-state index contributed by atoms with van der Waals surface area (Å²) in [6, 6.07) is 7.08. The monoisotopic (exact) mass is 261 g/mol. The quantitative estimate of drug-likeness (QED) is 0.810. The van der Waals surface area contributed by atoms with Gasteiger partial charge in [-0.05, 0) is 17.7 Å². The lowest BCUT2D eigenvalue weighted by atomic mass is 10.2. The van der Waals surface area contributed by atoms with Gasteiger partial charge < -0.3 is 15.6 Å². The van der Waals surface area contributed by atoms with Crippen LogP contribution in [0.2, 0.25) is 0 Å². The maximum absolute atomic E-state index is 9.01. The van der Waals surface area contributed by atoms with Crippen LogP contribution in [0, 0.1) is 0 Å². The second kappa shape index (κ2) is 5.52. The van der Waals surface area contributed by atoms with Gasteiger partial charge >= 0.3 is 0 Å². The molecule has 0 spiro atoms. The number of aromatic nitrogens is 2. The molecule has 0 atom stereocenters. The van der Waals surface area contributed by atoms with Crippen molar-refractivity contribution in [2.24, 2.45) is 5.73 Å². The number of aliphatic hydroxyl groups is 1. The van der Waals surface area contributed by atoms with Crippen molar-refractivity contribution < 1.29 is 9.84 Å². The van der Waals surface area contributed by atoms with Crippen LogP contribution < -0.4 is 10.5 Å². The molecule has 0 saturated carbocycles. The van der Waals surface area contributed by atoms with Gasteiger partial charge in [0.1, 0.15) is 16.4 Å². The van der Waals surface area contributed by atoms with Crippen molar-refractivity contribution in [1.29, 1.82) is 0 Å². The number of nitrogens with zero attached hydrogens (tertiary/aromatic N) is 2. The number of rotatable bonds is 4. The molecule has 0 saturated heterocycles. The summed E-state index contributed by atoms with van der Waals surface area (Å²) in [5, 5.41) is 9.01. The number of hydrogen-bond acceptors (Lipinski definition) is 5. The third-order valence-corrected chi connectivity index (χ3v) is 2.39. The van der Waals surface area contributed by atoms with Gasteiger partial charge in [-0.1, -0.05) is 24.4 Å². The Morgan fingerprint density at radius 3 is 2.78 bits per heavy atom. The van der Waals surface area contributed by atoms with Crippen LogP contribution >= 0.6 is 12.2 Å². The minimum absolute atomic E-state index is 0.0384. The largest absolute Gasteiger partial charge is 0.437 e. The molecular weight excluding hydrogens is 250 g/mol. The maximum atomic E-state index is 9.01. The molecule has 92 valence electrons. The van der Waals surface area contributed by atoms with Crippen LogP contribution in [0.15, 0.2) is 36.7 Å². The average molecular weight is 261 g/mol. The summed E-state index contributed by atoms with van der Waals surface area (Å²) in [5.41, 5.74) is 6.62. The first-order valence-corrected chi connectivity index (χ1v) is 5.59. The normalized spacial score (nSPS) is 10.1. The molecule has 0 bridgehead atoms. The fourth-order valence-corrected chi connectivity index (χ4v) is 1.43. The summed E-state index contributed by atoms with van der Waals surface area (Å²) >= 11 is 4.77. The molecule has 0 unspecified atom stereocenters. The van der Waals surface area contributed by atoms with Gasteiger partial charge in [0.05, 0.1) is 19.0 Å². The van der Waals surface area contributed by atoms with Gasteiger partial charge in [-0.3, -0.25) is 0 Å². The summed E-state index contributed by atoms with van der Waals surface area (Å²) in [6.45, 7) is -0.0384. The first-order valence-electron chi connectivity index (χ1n) is 5.18. The number of nitrogens with two attached hydrogens (primary N) is 1. The Labute approximate surface area is 109 Å². The standard InChI is InChI=1S/C12H11N3O2S/c13-12(18)10-5-15-11(6-14-10)17-9-3-1-2-8(4-9)7-16/h1-6,16H,7H2,(H2,13,18). The molecule has 0 aliphatic rings. The fourth-order valence-electron chi connectivity index (χ4n) is 1.32. The van der Waals surface area contributed by atoms with Gasteiger partial charge in [-0.2, -0.15) is 0 Å². The molecule has 1 aromatic carbocycles. The third-order valence-electron chi connectivity index (χ3n) is 2.18. The van der Waals surface area contributed by atoms with Crippen molar-refractivity contribution in [2.75, 3.05) is 0 Å². The van der Waals surface area contributed by atoms with Crippen LogP contribution in [0.3, 0.4) is 0 Å². The highest BCUT2D eigenvalue weighted by molar-refractivity contribution is 7.80. The van der Waals surface area contributed by atoms with Gasteiger partial charge in [0.15, 0.2) is 0 Å². The Hall–Kier alpha value is -2.05. The second-order valence-electron chi connectivity index (χ2n) is 3.51. The van der Waals surface area contributed by atoms with Gasteiger partial charge in [-0.25, -0.2) is 9.97 Å². The van der Waals surface area contributed by atoms with Crippen molar-refractivity contribution in [3.8, 4) is 11.6 Å². The van der Waals surface area contributed by atoms with E-state index in [2.05, 4.69) is 9.97 Å². The van der Waals surface area contributed by atoms with Crippen LogP contribution in [0.25, 0.3) is 0 Å². The summed E-state index contributed by atoms with van der Waals surface area (Å²) in [7, 11) is 0. The van der Waals surface area contributed by atoms with E-state index in [1.54, 1.807) is 24.3 Å². The number of aliphatic hydroxyl groups excluding tert-OH is 1. The van der Waals surface area contributed by atoms with E-state index in [0.29, 0.717) is 17.3 Å². The van der Waals surface area contributed by atoms with Crippen molar-refractivity contribution in [3.63, 3.8) is 0 Å². The zero-order valence-corrected chi connectivity index (χ0v) is 10.2. The van der Waals surface area contributed by atoms with E-state index >= 15 is 0 Å². The molecule has 6 heteroatoms. The van der Waals surface area contributed by atoms with Gasteiger partial charge in [0.2, 0.25) is 5.88 Å². The molecule has 0 radical (unpaired) electrons. The van der Waals surface area contributed by atoms with Gasteiger partial charge in [0.25, 0.3) is 0 Å². The van der Waals surface area contributed by atoms with E-state index in [-0.39, 0.29) is 11.6 Å². The molecule has 5 nitrogen and oxygen atoms in total. The molecular formula is C12H11N3O2S. The van der Waals surface area contributed by atoms with Crippen molar-refractivity contribution in [3.05, 3.63) is 47.9 Å². The van der Waals surface area contributed by atoms with E-state index in [9.17, 15) is 0 Å². The van der Waals surface area contributed by atoms with E-state index in [0.717, 1.165) is 5.56 Å². The lowest BCUT2D eigenvalue weighted by Crippen LogP contribution is -2.11. The Bertz CT molecular complexity index is 558. The molecule has 0 aliphatic heterocycles. The lowest BCUT2D eigenvalue weighted by molar-refractivity contribution is 0.281. The van der Waals surface area contributed by atoms with Crippen LogP contribution in [-0.2, 0) is 6.61 Å². The molecule has 2 aromatic rings. The van der Waals surface area contributed by atoms with Crippen LogP contribution in [-0.4, -0.2) is 20.1 Å². The highest BCUT2D eigenvalue weighted by atomic mass is 32.1. The molecule has 0 aliphatic carbocycles. The number of thiocarbonyl (C=S) groups is 1. The highest BCUT2D eigenvalue weighted by Gasteiger charge is 2.02. The molecule has 1 aromatic heterocycles. The Balaban J connectivity index is 2.15. The number of ether oxygens (including phenoxy) is 1. The zero-order valence-electron chi connectivity index (χ0n) is 9.41. The molecule has 1 heterocycles. The highest BCUT2D eigenvalue weighted by Crippen LogP contribution is 2.19. The second-order valence-corrected chi connectivity index (χ2v) is 3.95. The summed E-state index contributed by atoms with van der Waals surface area (Å²) < 4.78 is 5.49. The van der Waals surface area contributed by atoms with Crippen molar-refractivity contribution >= 4 is 17.2 Å². The Morgan fingerprint density at radius 2 is 2.17 bits per heavy atom. The lowest BCUT2D eigenvalue weighted by Gasteiger charge is -2.05. The molecule has 0 fully saturated rings. The van der Waals surface area contributed by atoms with Crippen molar-refractivity contribution in [1.82, 2.24) is 9.97 Å². The SMILES string of the molecule is NC(=S)c1cnc(Oc2cccc(CO)c2)cn1. The van der Waals surface area contributed by atoms with E-state index in [1.807, 2.05) is 0 Å². The fraction of sp³-hybridized carbons (Fsp3) is 0.0833. The van der Waals surface area contributed by atoms with Crippen LogP contribution in [0.4, 0.5) is 0 Å². The molecule has 2 rings (SSSR count). The number of benzene rings is 1. The minimum atomic E-state index is -0.0384. The van der Waals surface area contributed by atoms with E-state index in [4.69, 9.17) is 27.8 Å². The summed E-state index contributed by atoms with van der Waals surface area (Å²) in [4.78, 5) is 8.24. The van der Waals surface area contributed by atoms with Crippen LogP contribution in [0.5, 0.6) is 11.6 Å². The third kappa shape index (κ3) is 2.99. The smallest absolute Gasteiger partial charge is 0.237 e. The zero-order chi connectivity index (χ0) is 13.0. The van der Waals surface area contributed by atoms with E-state index < -0.39 is 0 Å². The van der Waals surface area contributed by atoms with E-state index in [1.165, 1.54) is 12.4 Å². The Kier molecular flexibility index (Phi) is 3.81. The molecule has 0 amide bonds. The predicted octanol–water partition coefficient (Wildman–Crippen LogP) is 1.40. The maximum Gasteiger partial charge on any atom is 0.237 e. The average Bonchev–Trinajstić information content (AvgIpc) is 2.39. The van der Waals surface area contributed by atoms with Crippen LogP contribution in [0.1, 0.15) is 11.3 Å². The Morgan fingerprint density at radius 1 is 1.33 bits per heavy atom. The molecule has 18 heavy (non-hydrogen) atoms. The topological polar surface area (TPSA) is 81.3 Å². The van der Waals surface area contributed by atoms with Gasteiger partial charge in [-0.15, -0.1) is 0 Å². The first-order chi connectivity index (χ1) is 8.69. The summed E-state index contributed by atoms with van der Waals surface area (Å²) in [5.74, 6) is 0.920. The molecule has 3 N–H and O–H groups in total. The predicted molar refractivity (Wildman–Crippen MR) is 70.4 cm³/mol. The van der Waals surface area contributed by atoms with Gasteiger partial charge in [0, 0.05) is 0 Å². The number of hydrogen-bond donors (Lipinski definition) is 2.